The predicted molar refractivity (Wildman–Crippen MR) is 111 cm³/mol. The lowest BCUT2D eigenvalue weighted by atomic mass is 10.0. The number of nitrogens with zero attached hydrogens (tertiary/aromatic N) is 3. The number of halogens is 1. The number of rotatable bonds is 3. The monoisotopic (exact) mass is 429 g/mol. The van der Waals surface area contributed by atoms with Gasteiger partial charge in [0.15, 0.2) is 16.7 Å². The van der Waals surface area contributed by atoms with Gasteiger partial charge in [-0.3, -0.25) is 4.79 Å². The van der Waals surface area contributed by atoms with E-state index in [0.29, 0.717) is 22.1 Å². The summed E-state index contributed by atoms with van der Waals surface area (Å²) in [6.07, 6.45) is 0. The number of aliphatic imine (C=N–C) groups is 1. The minimum Gasteiger partial charge on any atom is -0.595 e. The SMILES string of the molecule is Cc1nn(C(=O)c2ccc(Cl)cc2)c2c1C(c1cccc([NH+]([O-])O)c1)SC(N)=N2. The molecule has 0 amide bonds. The van der Waals surface area contributed by atoms with Crippen LogP contribution < -0.4 is 11.0 Å². The van der Waals surface area contributed by atoms with E-state index in [2.05, 4.69) is 10.1 Å². The summed E-state index contributed by atoms with van der Waals surface area (Å²) in [6.45, 7) is 1.79. The summed E-state index contributed by atoms with van der Waals surface area (Å²) < 4.78 is 1.23. The van der Waals surface area contributed by atoms with Gasteiger partial charge in [0.2, 0.25) is 0 Å². The third kappa shape index (κ3) is 3.66. The number of fused-ring (bicyclic) bond motifs is 1. The van der Waals surface area contributed by atoms with Crippen molar-refractivity contribution in [2.75, 3.05) is 0 Å². The average Bonchev–Trinajstić information content (AvgIpc) is 3.03. The second kappa shape index (κ2) is 7.62. The highest BCUT2D eigenvalue weighted by molar-refractivity contribution is 8.14. The molecule has 2 heterocycles. The smallest absolute Gasteiger partial charge is 0.280 e. The van der Waals surface area contributed by atoms with E-state index in [1.54, 1.807) is 43.3 Å². The Bertz CT molecular complexity index is 1130. The van der Waals surface area contributed by atoms with Gasteiger partial charge >= 0.3 is 0 Å². The Hall–Kier alpha value is -2.69. The van der Waals surface area contributed by atoms with Gasteiger partial charge < -0.3 is 10.9 Å². The zero-order valence-electron chi connectivity index (χ0n) is 15.2. The summed E-state index contributed by atoms with van der Waals surface area (Å²) in [4.78, 5) is 17.4. The van der Waals surface area contributed by atoms with E-state index in [0.717, 1.165) is 11.1 Å². The molecule has 29 heavy (non-hydrogen) atoms. The van der Waals surface area contributed by atoms with Crippen LogP contribution >= 0.6 is 23.4 Å². The molecule has 0 fully saturated rings. The normalized spacial score (nSPS) is 16.8. The second-order valence-electron chi connectivity index (χ2n) is 6.43. The number of thioether (sulfide) groups is 1. The molecule has 3 aromatic rings. The molecule has 2 unspecified atom stereocenters. The van der Waals surface area contributed by atoms with Crippen LogP contribution in [0.25, 0.3) is 0 Å². The Kier molecular flexibility index (Phi) is 5.15. The maximum atomic E-state index is 13.0. The highest BCUT2D eigenvalue weighted by Gasteiger charge is 2.32. The van der Waals surface area contributed by atoms with E-state index in [1.807, 2.05) is 6.07 Å². The van der Waals surface area contributed by atoms with Gasteiger partial charge in [0, 0.05) is 28.3 Å². The van der Waals surface area contributed by atoms with E-state index in [4.69, 9.17) is 17.3 Å². The molecule has 1 aromatic heterocycles. The quantitative estimate of drug-likeness (QED) is 0.550. The van der Waals surface area contributed by atoms with Gasteiger partial charge in [-0.1, -0.05) is 35.5 Å². The number of hydrogen-bond acceptors (Lipinski definition) is 7. The molecular weight excluding hydrogens is 414 g/mol. The first-order chi connectivity index (χ1) is 13.8. The van der Waals surface area contributed by atoms with Crippen LogP contribution in [0, 0.1) is 12.1 Å². The van der Waals surface area contributed by atoms with Crippen LogP contribution in [0.5, 0.6) is 0 Å². The molecule has 0 saturated carbocycles. The van der Waals surface area contributed by atoms with Gasteiger partial charge in [0.25, 0.3) is 5.91 Å². The lowest BCUT2D eigenvalue weighted by Crippen LogP contribution is -2.99. The lowest BCUT2D eigenvalue weighted by Gasteiger charge is -2.22. The van der Waals surface area contributed by atoms with E-state index >= 15 is 0 Å². The molecular formula is C19H16ClN5O3S. The molecule has 0 bridgehead atoms. The Labute approximate surface area is 175 Å². The molecule has 1 aliphatic rings. The van der Waals surface area contributed by atoms with Gasteiger partial charge in [0.05, 0.1) is 10.9 Å². The number of aryl methyl sites for hydroxylation is 1. The second-order valence-corrected chi connectivity index (χ2v) is 7.99. The van der Waals surface area contributed by atoms with Gasteiger partial charge in [-0.25, -0.2) is 10.2 Å². The maximum absolute atomic E-state index is 13.0. The minimum absolute atomic E-state index is 0.174. The number of hydrogen-bond donors (Lipinski definition) is 3. The molecule has 148 valence electrons. The Balaban J connectivity index is 1.81. The number of aromatic nitrogens is 2. The molecule has 8 nitrogen and oxygen atoms in total. The summed E-state index contributed by atoms with van der Waals surface area (Å²) >= 11 is 7.20. The van der Waals surface area contributed by atoms with Gasteiger partial charge in [-0.15, -0.1) is 0 Å². The summed E-state index contributed by atoms with van der Waals surface area (Å²) in [5.41, 5.74) is 8.72. The van der Waals surface area contributed by atoms with E-state index < -0.39 is 5.23 Å². The molecule has 0 spiro atoms. The zero-order valence-corrected chi connectivity index (χ0v) is 16.7. The third-order valence-corrected chi connectivity index (χ3v) is 5.85. The summed E-state index contributed by atoms with van der Waals surface area (Å²) in [6, 6.07) is 13.1. The zero-order chi connectivity index (χ0) is 20.7. The minimum atomic E-state index is -1.01. The maximum Gasteiger partial charge on any atom is 0.280 e. The van der Waals surface area contributed by atoms with Crippen molar-refractivity contribution in [3.8, 4) is 0 Å². The first kappa shape index (κ1) is 19.6. The van der Waals surface area contributed by atoms with Crippen molar-refractivity contribution in [2.45, 2.75) is 12.2 Å². The number of nitrogens with two attached hydrogens (primary N) is 1. The van der Waals surface area contributed by atoms with Gasteiger partial charge in [0.1, 0.15) is 0 Å². The molecule has 0 saturated heterocycles. The number of carbonyl (C=O) groups is 1. The molecule has 10 heteroatoms. The molecule has 1 aliphatic heterocycles. The predicted octanol–water partition coefficient (Wildman–Crippen LogP) is 2.72. The summed E-state index contributed by atoms with van der Waals surface area (Å²) in [5, 5.41) is 24.5. The molecule has 0 radical (unpaired) electrons. The van der Waals surface area contributed by atoms with Crippen molar-refractivity contribution >= 4 is 45.9 Å². The van der Waals surface area contributed by atoms with Gasteiger partial charge in [-0.2, -0.15) is 15.0 Å². The first-order valence-corrected chi connectivity index (χ1v) is 9.85. The molecule has 4 N–H and O–H groups in total. The fourth-order valence-corrected chi connectivity index (χ4v) is 4.36. The van der Waals surface area contributed by atoms with Crippen LogP contribution in [0.4, 0.5) is 11.5 Å². The fourth-order valence-electron chi connectivity index (χ4n) is 3.18. The van der Waals surface area contributed by atoms with Crippen LogP contribution in [0.15, 0.2) is 53.5 Å². The van der Waals surface area contributed by atoms with Crippen molar-refractivity contribution in [1.82, 2.24) is 9.78 Å². The van der Waals surface area contributed by atoms with Crippen LogP contribution in [-0.4, -0.2) is 26.1 Å². The van der Waals surface area contributed by atoms with Crippen molar-refractivity contribution < 1.29 is 15.2 Å². The summed E-state index contributed by atoms with van der Waals surface area (Å²) in [5.74, 6) is -0.00284. The van der Waals surface area contributed by atoms with Crippen molar-refractivity contribution in [3.05, 3.63) is 81.1 Å². The van der Waals surface area contributed by atoms with E-state index in [-0.39, 0.29) is 22.0 Å². The van der Waals surface area contributed by atoms with Crippen molar-refractivity contribution in [1.29, 1.82) is 0 Å². The topological polar surface area (TPSA) is 121 Å². The highest BCUT2D eigenvalue weighted by atomic mass is 35.5. The number of amidine groups is 1. The number of quaternary nitrogens is 1. The fraction of sp³-hybridized carbons (Fsp3) is 0.105. The molecule has 2 aromatic carbocycles. The lowest BCUT2D eigenvalue weighted by molar-refractivity contribution is -0.991. The van der Waals surface area contributed by atoms with Crippen LogP contribution in [-0.2, 0) is 0 Å². The van der Waals surface area contributed by atoms with Crippen LogP contribution in [0.2, 0.25) is 5.02 Å². The van der Waals surface area contributed by atoms with Crippen molar-refractivity contribution in [2.24, 2.45) is 10.7 Å². The number of nitrogens with one attached hydrogen (secondary N) is 1. The Morgan fingerprint density at radius 3 is 2.72 bits per heavy atom. The van der Waals surface area contributed by atoms with E-state index in [1.165, 1.54) is 22.5 Å². The van der Waals surface area contributed by atoms with Gasteiger partial charge in [-0.05, 0) is 36.8 Å². The summed E-state index contributed by atoms with van der Waals surface area (Å²) in [7, 11) is 0. The Morgan fingerprint density at radius 1 is 1.31 bits per heavy atom. The largest absolute Gasteiger partial charge is 0.595 e. The standard InChI is InChI=1S/C19H16ClN5O3S/c1-10-15-16(12-3-2-4-14(9-12)25(27)28)29-19(21)22-17(15)24(23-10)18(26)11-5-7-13(20)8-6-11/h2-9,16,25,27H,1H3,(H2,21,22). The highest BCUT2D eigenvalue weighted by Crippen LogP contribution is 2.46. The molecule has 0 aliphatic carbocycles. The average molecular weight is 430 g/mol. The molecule has 4 rings (SSSR count). The van der Waals surface area contributed by atoms with Crippen LogP contribution in [0.1, 0.15) is 32.4 Å². The van der Waals surface area contributed by atoms with Crippen LogP contribution in [0.3, 0.4) is 0 Å². The third-order valence-electron chi connectivity index (χ3n) is 4.52. The van der Waals surface area contributed by atoms with Crippen molar-refractivity contribution in [3.63, 3.8) is 0 Å². The number of benzene rings is 2. The van der Waals surface area contributed by atoms with E-state index in [9.17, 15) is 15.2 Å². The molecule has 2 atom stereocenters. The number of carbonyl (C=O) groups excluding carboxylic acids is 1. The Morgan fingerprint density at radius 2 is 2.03 bits per heavy atom. The first-order valence-electron chi connectivity index (χ1n) is 8.59.